The molecule has 0 unspecified atom stereocenters. The molecule has 5 aromatic carbocycles. The molecule has 0 atom stereocenters. The third kappa shape index (κ3) is 8.48. The van der Waals surface area contributed by atoms with Gasteiger partial charge in [0.2, 0.25) is 0 Å². The lowest BCUT2D eigenvalue weighted by Crippen LogP contribution is -3.00. The van der Waals surface area contributed by atoms with Crippen molar-refractivity contribution in [2.24, 2.45) is 0 Å². The van der Waals surface area contributed by atoms with Gasteiger partial charge in [-0.1, -0.05) is 142 Å². The van der Waals surface area contributed by atoms with E-state index in [1.54, 1.807) is 0 Å². The lowest BCUT2D eigenvalue weighted by Gasteiger charge is -2.43. The van der Waals surface area contributed by atoms with E-state index in [2.05, 4.69) is 172 Å². The molecule has 47 heavy (non-hydrogen) atoms. The van der Waals surface area contributed by atoms with Gasteiger partial charge >= 0.3 is 0 Å². The highest BCUT2D eigenvalue weighted by molar-refractivity contribution is 7.95. The Morgan fingerprint density at radius 1 is 0.617 bits per heavy atom. The zero-order valence-electron chi connectivity index (χ0n) is 27.9. The summed E-state index contributed by atoms with van der Waals surface area (Å²) in [5.74, 6) is -0.0138. The topological polar surface area (TPSA) is 9.23 Å². The first kappa shape index (κ1) is 36.7. The normalized spacial score (nSPS) is 12.4. The van der Waals surface area contributed by atoms with Crippen LogP contribution >= 0.6 is 7.26 Å². The van der Waals surface area contributed by atoms with Gasteiger partial charge in [-0.3, -0.25) is 0 Å². The molecule has 0 amide bonds. The van der Waals surface area contributed by atoms with E-state index in [0.717, 1.165) is 19.0 Å². The predicted octanol–water partition coefficient (Wildman–Crippen LogP) is 5.97. The van der Waals surface area contributed by atoms with E-state index in [0.29, 0.717) is 19.4 Å². The molecule has 0 heterocycles. The molecule has 244 valence electrons. The number of hydrogen-bond acceptors (Lipinski definition) is 1. The standard InChI is InChI=1S/C42H47FOPSi.BrH/c1-42(2,3)46(40-29-17-7-18-30-40,41-31-19-8-20-32-41)44-34-21-9-10-22-36(43)33-35-45(37-23-11-4-12-24-37,38-25-13-5-14-26-38)39-27-15-6-16-28-39;/h4-8,11-20,22-32H,9-10,21,33-35H2,1-3H3;1H/q+1;/p-1. The molecule has 5 heteroatoms. The van der Waals surface area contributed by atoms with Gasteiger partial charge in [0, 0.05) is 13.0 Å². The molecule has 0 radical (unpaired) electrons. The second-order valence-corrected chi connectivity index (χ2v) is 20.9. The Kier molecular flexibility index (Phi) is 13.5. The van der Waals surface area contributed by atoms with Crippen LogP contribution in [-0.2, 0) is 4.43 Å². The van der Waals surface area contributed by atoms with Crippen molar-refractivity contribution in [3.8, 4) is 0 Å². The van der Waals surface area contributed by atoms with E-state index in [-0.39, 0.29) is 27.8 Å². The molecule has 0 aliphatic rings. The summed E-state index contributed by atoms with van der Waals surface area (Å²) in [5.41, 5.74) is 0. The summed E-state index contributed by atoms with van der Waals surface area (Å²) < 4.78 is 22.7. The summed E-state index contributed by atoms with van der Waals surface area (Å²) >= 11 is 0. The first-order valence-electron chi connectivity index (χ1n) is 16.5. The SMILES string of the molecule is CC(C)(C)[Si](OCCCCC=C(F)CC[P+](c1ccccc1)(c1ccccc1)c1ccccc1)(c1ccccc1)c1ccccc1.[Br-]. The highest BCUT2D eigenvalue weighted by atomic mass is 79.9. The van der Waals surface area contributed by atoms with Gasteiger partial charge in [-0.25, -0.2) is 4.39 Å². The second kappa shape index (κ2) is 17.3. The van der Waals surface area contributed by atoms with Crippen molar-refractivity contribution < 1.29 is 25.8 Å². The van der Waals surface area contributed by atoms with E-state index < -0.39 is 15.6 Å². The van der Waals surface area contributed by atoms with Crippen molar-refractivity contribution in [2.45, 2.75) is 51.5 Å². The molecule has 0 aromatic heterocycles. The Labute approximate surface area is 294 Å². The maximum atomic E-state index is 15.6. The van der Waals surface area contributed by atoms with Crippen LogP contribution in [0, 0.1) is 0 Å². The molecule has 0 aliphatic heterocycles. The third-order valence-corrected chi connectivity index (χ3v) is 18.5. The molecule has 1 nitrogen and oxygen atoms in total. The van der Waals surface area contributed by atoms with Crippen LogP contribution in [0.2, 0.25) is 5.04 Å². The van der Waals surface area contributed by atoms with Gasteiger partial charge in [-0.05, 0) is 71.1 Å². The van der Waals surface area contributed by atoms with Gasteiger partial charge in [-0.2, -0.15) is 0 Å². The average molecular weight is 726 g/mol. The van der Waals surface area contributed by atoms with Gasteiger partial charge in [0.1, 0.15) is 23.2 Å². The first-order chi connectivity index (χ1) is 22.4. The van der Waals surface area contributed by atoms with Crippen LogP contribution in [0.15, 0.2) is 164 Å². The van der Waals surface area contributed by atoms with E-state index >= 15 is 4.39 Å². The fraction of sp³-hybridized carbons (Fsp3) is 0.238. The van der Waals surface area contributed by atoms with Crippen molar-refractivity contribution in [1.82, 2.24) is 0 Å². The summed E-state index contributed by atoms with van der Waals surface area (Å²) in [6.07, 6.45) is 5.49. The van der Waals surface area contributed by atoms with E-state index in [1.165, 1.54) is 26.3 Å². The minimum atomic E-state index is -2.55. The fourth-order valence-electron chi connectivity index (χ4n) is 6.75. The van der Waals surface area contributed by atoms with Gasteiger partial charge in [0.25, 0.3) is 8.32 Å². The number of halogens is 2. The Balaban J connectivity index is 0.00000500. The molecule has 0 saturated carbocycles. The van der Waals surface area contributed by atoms with Crippen LogP contribution in [0.3, 0.4) is 0 Å². The molecular weight excluding hydrogens is 678 g/mol. The summed E-state index contributed by atoms with van der Waals surface area (Å²) in [6.45, 7) is 7.58. The smallest absolute Gasteiger partial charge is 0.261 e. The van der Waals surface area contributed by atoms with Gasteiger partial charge < -0.3 is 21.4 Å². The quantitative estimate of drug-likeness (QED) is 0.0779. The maximum absolute atomic E-state index is 15.6. The summed E-state index contributed by atoms with van der Waals surface area (Å²) in [5, 5.41) is 6.42. The predicted molar refractivity (Wildman–Crippen MR) is 201 cm³/mol. The molecule has 5 rings (SSSR count). The Bertz CT molecular complexity index is 1510. The Hall–Kier alpha value is -3.14. The molecule has 5 aromatic rings. The molecule has 0 fully saturated rings. The Morgan fingerprint density at radius 3 is 1.38 bits per heavy atom. The number of allylic oxidation sites excluding steroid dienone is 2. The third-order valence-electron chi connectivity index (χ3n) is 8.98. The zero-order valence-corrected chi connectivity index (χ0v) is 31.3. The fourth-order valence-corrected chi connectivity index (χ4v) is 15.6. The summed E-state index contributed by atoms with van der Waals surface area (Å²) in [4.78, 5) is 0. The summed E-state index contributed by atoms with van der Waals surface area (Å²) in [7, 11) is -4.59. The lowest BCUT2D eigenvalue weighted by atomic mass is 10.2. The zero-order chi connectivity index (χ0) is 32.3. The monoisotopic (exact) mass is 724 g/mol. The minimum Gasteiger partial charge on any atom is -1.00 e. The van der Waals surface area contributed by atoms with Crippen molar-refractivity contribution >= 4 is 41.9 Å². The van der Waals surface area contributed by atoms with Crippen LogP contribution in [0.1, 0.15) is 46.5 Å². The lowest BCUT2D eigenvalue weighted by molar-refractivity contribution is -0.0000105. The molecular formula is C42H47BrFOPSi. The number of unbranched alkanes of at least 4 members (excludes halogenated alkanes) is 2. The van der Waals surface area contributed by atoms with E-state index in [9.17, 15) is 0 Å². The number of rotatable bonds is 14. The van der Waals surface area contributed by atoms with Crippen LogP contribution in [-0.4, -0.2) is 21.1 Å². The maximum Gasteiger partial charge on any atom is 0.261 e. The first-order valence-corrected chi connectivity index (χ1v) is 20.4. The van der Waals surface area contributed by atoms with Gasteiger partial charge in [0.15, 0.2) is 0 Å². The molecule has 0 bridgehead atoms. The van der Waals surface area contributed by atoms with E-state index in [1.807, 2.05) is 6.08 Å². The second-order valence-electron chi connectivity index (χ2n) is 12.9. The summed E-state index contributed by atoms with van der Waals surface area (Å²) in [6, 6.07) is 53.7. The van der Waals surface area contributed by atoms with Crippen LogP contribution in [0.4, 0.5) is 4.39 Å². The van der Waals surface area contributed by atoms with E-state index in [4.69, 9.17) is 4.43 Å². The Morgan fingerprint density at radius 2 is 1.00 bits per heavy atom. The van der Waals surface area contributed by atoms with Crippen molar-refractivity contribution in [3.63, 3.8) is 0 Å². The van der Waals surface area contributed by atoms with Crippen molar-refractivity contribution in [1.29, 1.82) is 0 Å². The molecule has 0 saturated heterocycles. The molecule has 0 spiro atoms. The largest absolute Gasteiger partial charge is 1.00 e. The van der Waals surface area contributed by atoms with Crippen LogP contribution in [0.5, 0.6) is 0 Å². The molecule has 0 N–H and O–H groups in total. The molecule has 0 aliphatic carbocycles. The van der Waals surface area contributed by atoms with Crippen LogP contribution < -0.4 is 43.3 Å². The number of hydrogen-bond donors (Lipinski definition) is 0. The van der Waals surface area contributed by atoms with Gasteiger partial charge in [0.05, 0.1) is 12.0 Å². The highest BCUT2D eigenvalue weighted by Crippen LogP contribution is 2.56. The average Bonchev–Trinajstić information content (AvgIpc) is 3.10. The van der Waals surface area contributed by atoms with Crippen LogP contribution in [0.25, 0.3) is 0 Å². The van der Waals surface area contributed by atoms with Crippen molar-refractivity contribution in [3.05, 3.63) is 164 Å². The highest BCUT2D eigenvalue weighted by Gasteiger charge is 2.50. The number of benzene rings is 5. The minimum absolute atomic E-state index is 0. The van der Waals surface area contributed by atoms with Crippen molar-refractivity contribution in [2.75, 3.05) is 12.8 Å². The van der Waals surface area contributed by atoms with Gasteiger partial charge in [-0.15, -0.1) is 0 Å².